The van der Waals surface area contributed by atoms with Crippen LogP contribution in [0.5, 0.6) is 5.75 Å². The summed E-state index contributed by atoms with van der Waals surface area (Å²) in [4.78, 5) is 16.6. The van der Waals surface area contributed by atoms with Gasteiger partial charge in [-0.25, -0.2) is 4.99 Å². The Bertz CT molecular complexity index is 717. The summed E-state index contributed by atoms with van der Waals surface area (Å²) >= 11 is 0. The van der Waals surface area contributed by atoms with Crippen LogP contribution in [0.1, 0.15) is 50.9 Å². The van der Waals surface area contributed by atoms with Crippen molar-refractivity contribution in [2.75, 3.05) is 0 Å². The van der Waals surface area contributed by atoms with Crippen molar-refractivity contribution in [1.82, 2.24) is 10.6 Å². The van der Waals surface area contributed by atoms with Crippen LogP contribution in [0.15, 0.2) is 54.0 Å². The van der Waals surface area contributed by atoms with Gasteiger partial charge in [0.15, 0.2) is 0 Å². The zero-order chi connectivity index (χ0) is 20.1. The second kappa shape index (κ2) is 8.39. The molecule has 1 fully saturated rings. The van der Waals surface area contributed by atoms with Crippen molar-refractivity contribution in [3.05, 3.63) is 54.6 Å². The van der Waals surface area contributed by atoms with Gasteiger partial charge in [-0.05, 0) is 83.7 Å². The van der Waals surface area contributed by atoms with Crippen molar-refractivity contribution in [2.24, 2.45) is 10.7 Å². The number of allylic oxidation sites excluding steroid dienone is 1. The zero-order valence-corrected chi connectivity index (χ0v) is 16.6. The second-order valence-corrected chi connectivity index (χ2v) is 8.15. The first-order valence-corrected chi connectivity index (χ1v) is 9.08. The highest BCUT2D eigenvalue weighted by atomic mass is 16.5. The van der Waals surface area contributed by atoms with Gasteiger partial charge in [0.2, 0.25) is 5.88 Å². The Kier molecular flexibility index (Phi) is 6.44. The molecule has 6 nitrogen and oxygen atoms in total. The van der Waals surface area contributed by atoms with E-state index < -0.39 is 0 Å². The Hall–Kier alpha value is -2.60. The number of carbonyl (C=O) groups excluding carboxylic acids is 1. The molecule has 1 aliphatic heterocycles. The summed E-state index contributed by atoms with van der Waals surface area (Å²) < 4.78 is 5.49. The SMILES string of the molecule is C=C(N=C/C=C\N)Oc1ccc(C(=O)NC2CC(C)(C)NC(C)(C)C2)cc1. The Morgan fingerprint density at radius 3 is 2.41 bits per heavy atom. The van der Waals surface area contributed by atoms with Crippen LogP contribution in [-0.2, 0) is 0 Å². The summed E-state index contributed by atoms with van der Waals surface area (Å²) in [6, 6.07) is 7.05. The third-order valence-electron chi connectivity index (χ3n) is 4.29. The predicted octanol–water partition coefficient (Wildman–Crippen LogP) is 3.12. The molecule has 0 aliphatic carbocycles. The van der Waals surface area contributed by atoms with Crippen molar-refractivity contribution in [3.8, 4) is 5.75 Å². The molecule has 0 unspecified atom stereocenters. The van der Waals surface area contributed by atoms with Crippen LogP contribution < -0.4 is 21.1 Å². The number of nitrogens with two attached hydrogens (primary N) is 1. The lowest BCUT2D eigenvalue weighted by Gasteiger charge is -2.46. The van der Waals surface area contributed by atoms with Gasteiger partial charge in [-0.1, -0.05) is 0 Å². The number of carbonyl (C=O) groups is 1. The Labute approximate surface area is 161 Å². The number of nitrogens with one attached hydrogen (secondary N) is 2. The third kappa shape index (κ3) is 6.57. The minimum absolute atomic E-state index is 0.0165. The maximum atomic E-state index is 12.6. The van der Waals surface area contributed by atoms with E-state index in [1.54, 1.807) is 30.3 Å². The highest BCUT2D eigenvalue weighted by Crippen LogP contribution is 2.28. The highest BCUT2D eigenvalue weighted by molar-refractivity contribution is 5.94. The summed E-state index contributed by atoms with van der Waals surface area (Å²) in [6.45, 7) is 12.4. The lowest BCUT2D eigenvalue weighted by Crippen LogP contribution is -2.62. The van der Waals surface area contributed by atoms with Crippen LogP contribution in [0.25, 0.3) is 0 Å². The molecule has 27 heavy (non-hydrogen) atoms. The molecule has 2 rings (SSSR count). The van der Waals surface area contributed by atoms with Gasteiger partial charge in [0.05, 0.1) is 0 Å². The molecular weight excluding hydrogens is 340 g/mol. The second-order valence-electron chi connectivity index (χ2n) is 8.15. The number of nitrogens with zero attached hydrogens (tertiary/aromatic N) is 1. The monoisotopic (exact) mass is 370 g/mol. The minimum atomic E-state index is -0.0787. The van der Waals surface area contributed by atoms with Crippen LogP contribution in [0.4, 0.5) is 0 Å². The smallest absolute Gasteiger partial charge is 0.251 e. The topological polar surface area (TPSA) is 88.7 Å². The molecule has 0 saturated carbocycles. The van der Waals surface area contributed by atoms with Gasteiger partial charge >= 0.3 is 0 Å². The van der Waals surface area contributed by atoms with Crippen LogP contribution in [0, 0.1) is 0 Å². The number of benzene rings is 1. The summed E-state index contributed by atoms with van der Waals surface area (Å²) in [7, 11) is 0. The lowest BCUT2D eigenvalue weighted by atomic mass is 9.79. The van der Waals surface area contributed by atoms with Crippen LogP contribution in [-0.4, -0.2) is 29.2 Å². The van der Waals surface area contributed by atoms with Crippen molar-refractivity contribution in [2.45, 2.75) is 57.7 Å². The molecule has 0 radical (unpaired) electrons. The quantitative estimate of drug-likeness (QED) is 0.530. The average Bonchev–Trinajstić information content (AvgIpc) is 2.52. The van der Waals surface area contributed by atoms with E-state index in [0.29, 0.717) is 11.3 Å². The molecule has 0 atom stereocenters. The third-order valence-corrected chi connectivity index (χ3v) is 4.29. The zero-order valence-electron chi connectivity index (χ0n) is 16.6. The molecule has 1 heterocycles. The Balaban J connectivity index is 1.96. The van der Waals surface area contributed by atoms with Crippen molar-refractivity contribution in [3.63, 3.8) is 0 Å². The lowest BCUT2D eigenvalue weighted by molar-refractivity contribution is 0.0873. The highest BCUT2D eigenvalue weighted by Gasteiger charge is 2.38. The molecule has 0 bridgehead atoms. The summed E-state index contributed by atoms with van der Waals surface area (Å²) in [6.07, 6.45) is 6.21. The van der Waals surface area contributed by atoms with Gasteiger partial charge in [0, 0.05) is 28.9 Å². The van der Waals surface area contributed by atoms with E-state index in [-0.39, 0.29) is 28.9 Å². The minimum Gasteiger partial charge on any atom is -0.440 e. The van der Waals surface area contributed by atoms with Gasteiger partial charge in [-0.2, -0.15) is 0 Å². The summed E-state index contributed by atoms with van der Waals surface area (Å²) in [5.41, 5.74) is 5.79. The molecule has 0 spiro atoms. The maximum absolute atomic E-state index is 12.6. The standard InChI is InChI=1S/C21H30N4O2/c1-15(23-12-6-11-22)27-18-9-7-16(8-10-18)19(26)24-17-13-20(2,3)25-21(4,5)14-17/h6-12,17,25H,1,13-14,22H2,2-5H3,(H,24,26)/b11-6-,23-12?. The van der Waals surface area contributed by atoms with E-state index in [4.69, 9.17) is 10.5 Å². The Morgan fingerprint density at radius 2 is 1.85 bits per heavy atom. The fourth-order valence-electron chi connectivity index (χ4n) is 3.71. The molecule has 1 aromatic carbocycles. The molecular formula is C21H30N4O2. The molecule has 146 valence electrons. The first kappa shape index (κ1) is 20.7. The molecule has 1 aromatic rings. The van der Waals surface area contributed by atoms with Gasteiger partial charge in [0.25, 0.3) is 5.91 Å². The number of rotatable bonds is 6. The molecule has 0 aromatic heterocycles. The van der Waals surface area contributed by atoms with Crippen LogP contribution in [0.3, 0.4) is 0 Å². The first-order chi connectivity index (χ1) is 12.6. The van der Waals surface area contributed by atoms with Gasteiger partial charge < -0.3 is 21.1 Å². The number of piperidine rings is 1. The Morgan fingerprint density at radius 1 is 1.26 bits per heavy atom. The fourth-order valence-corrected chi connectivity index (χ4v) is 3.71. The van der Waals surface area contributed by atoms with Gasteiger partial charge in [-0.15, -0.1) is 0 Å². The molecule has 1 aliphatic rings. The summed E-state index contributed by atoms with van der Waals surface area (Å²) in [5.74, 6) is 0.726. The van der Waals surface area contributed by atoms with E-state index in [1.807, 2.05) is 0 Å². The normalized spacial score (nSPS) is 19.3. The van der Waals surface area contributed by atoms with Crippen molar-refractivity contribution in [1.29, 1.82) is 0 Å². The summed E-state index contributed by atoms with van der Waals surface area (Å²) in [5, 5.41) is 6.78. The number of ether oxygens (including phenoxy) is 1. The van der Waals surface area contributed by atoms with Crippen molar-refractivity contribution < 1.29 is 9.53 Å². The van der Waals surface area contributed by atoms with Gasteiger partial charge in [-0.3, -0.25) is 4.79 Å². The molecule has 1 saturated heterocycles. The van der Waals surface area contributed by atoms with Gasteiger partial charge in [0.1, 0.15) is 5.75 Å². The van der Waals surface area contributed by atoms with Crippen LogP contribution >= 0.6 is 0 Å². The molecule has 4 N–H and O–H groups in total. The number of hydrogen-bond acceptors (Lipinski definition) is 5. The fraction of sp³-hybridized carbons (Fsp3) is 0.429. The number of amides is 1. The van der Waals surface area contributed by atoms with E-state index in [0.717, 1.165) is 12.8 Å². The molecule has 6 heteroatoms. The number of aliphatic imine (C=N–C) groups is 1. The maximum Gasteiger partial charge on any atom is 0.251 e. The van der Waals surface area contributed by atoms with E-state index in [9.17, 15) is 4.79 Å². The molecule has 1 amide bonds. The van der Waals surface area contributed by atoms with Crippen molar-refractivity contribution >= 4 is 12.1 Å². The van der Waals surface area contributed by atoms with E-state index in [1.165, 1.54) is 12.4 Å². The first-order valence-electron chi connectivity index (χ1n) is 9.08. The van der Waals surface area contributed by atoms with Crippen LogP contribution in [0.2, 0.25) is 0 Å². The predicted molar refractivity (Wildman–Crippen MR) is 110 cm³/mol. The largest absolute Gasteiger partial charge is 0.440 e. The number of hydrogen-bond donors (Lipinski definition) is 3. The average molecular weight is 370 g/mol. The van der Waals surface area contributed by atoms with E-state index in [2.05, 4.69) is 49.9 Å². The van der Waals surface area contributed by atoms with E-state index >= 15 is 0 Å².